The lowest BCUT2D eigenvalue weighted by atomic mass is 10.1. The standard InChI is InChI=1S/C14H25N3O/c1-11-14(7-5-9-18)12(2)17(15-11)13-6-4-8-16(3)10-13/h13,18H,4-10H2,1-3H3. The third-order valence-corrected chi connectivity index (χ3v) is 4.01. The quantitative estimate of drug-likeness (QED) is 0.885. The lowest BCUT2D eigenvalue weighted by molar-refractivity contribution is 0.200. The highest BCUT2D eigenvalue weighted by molar-refractivity contribution is 5.25. The number of likely N-dealkylation sites (tertiary alicyclic amines) is 1. The zero-order valence-electron chi connectivity index (χ0n) is 11.8. The van der Waals surface area contributed by atoms with E-state index in [9.17, 15) is 0 Å². The Kier molecular flexibility index (Phi) is 4.40. The summed E-state index contributed by atoms with van der Waals surface area (Å²) in [6.07, 6.45) is 4.26. The number of piperidine rings is 1. The Labute approximate surface area is 110 Å². The van der Waals surface area contributed by atoms with Crippen LogP contribution in [0.1, 0.15) is 42.3 Å². The highest BCUT2D eigenvalue weighted by Gasteiger charge is 2.22. The molecule has 1 unspecified atom stereocenters. The van der Waals surface area contributed by atoms with Gasteiger partial charge in [0.2, 0.25) is 0 Å². The minimum Gasteiger partial charge on any atom is -0.396 e. The first kappa shape index (κ1) is 13.6. The number of aryl methyl sites for hydroxylation is 1. The zero-order valence-corrected chi connectivity index (χ0v) is 11.8. The maximum Gasteiger partial charge on any atom is 0.0649 e. The van der Waals surface area contributed by atoms with Gasteiger partial charge in [0.25, 0.3) is 0 Å². The Morgan fingerprint density at radius 3 is 2.83 bits per heavy atom. The van der Waals surface area contributed by atoms with Crippen LogP contribution >= 0.6 is 0 Å². The number of likely N-dealkylation sites (N-methyl/N-ethyl adjacent to an activating group) is 1. The van der Waals surface area contributed by atoms with Gasteiger partial charge in [-0.25, -0.2) is 0 Å². The van der Waals surface area contributed by atoms with Gasteiger partial charge < -0.3 is 10.0 Å². The van der Waals surface area contributed by atoms with Crippen molar-refractivity contribution in [1.82, 2.24) is 14.7 Å². The van der Waals surface area contributed by atoms with Crippen LogP contribution in [0.2, 0.25) is 0 Å². The van der Waals surface area contributed by atoms with Crippen LogP contribution in [-0.4, -0.2) is 46.5 Å². The van der Waals surface area contributed by atoms with E-state index in [0.29, 0.717) is 6.04 Å². The summed E-state index contributed by atoms with van der Waals surface area (Å²) in [6.45, 7) is 6.81. The van der Waals surface area contributed by atoms with Crippen LogP contribution in [0.15, 0.2) is 0 Å². The summed E-state index contributed by atoms with van der Waals surface area (Å²) in [5.74, 6) is 0. The molecule has 0 radical (unpaired) electrons. The number of hydrogen-bond acceptors (Lipinski definition) is 3. The van der Waals surface area contributed by atoms with E-state index in [1.54, 1.807) is 0 Å². The highest BCUT2D eigenvalue weighted by atomic mass is 16.2. The molecule has 4 heteroatoms. The summed E-state index contributed by atoms with van der Waals surface area (Å²) in [7, 11) is 2.19. The molecule has 4 nitrogen and oxygen atoms in total. The molecule has 2 rings (SSSR count). The molecule has 0 saturated carbocycles. The van der Waals surface area contributed by atoms with Gasteiger partial charge >= 0.3 is 0 Å². The van der Waals surface area contributed by atoms with Gasteiger partial charge in [0.15, 0.2) is 0 Å². The van der Waals surface area contributed by atoms with Crippen LogP contribution in [0.25, 0.3) is 0 Å². The van der Waals surface area contributed by atoms with Crippen LogP contribution in [0.4, 0.5) is 0 Å². The maximum absolute atomic E-state index is 8.97. The van der Waals surface area contributed by atoms with Crippen LogP contribution in [0.3, 0.4) is 0 Å². The van der Waals surface area contributed by atoms with Gasteiger partial charge in [-0.15, -0.1) is 0 Å². The topological polar surface area (TPSA) is 41.3 Å². The molecule has 0 amide bonds. The van der Waals surface area contributed by atoms with Gasteiger partial charge in [-0.1, -0.05) is 0 Å². The first-order valence-electron chi connectivity index (χ1n) is 6.97. The van der Waals surface area contributed by atoms with Crippen molar-refractivity contribution in [2.24, 2.45) is 0 Å². The molecule has 1 aromatic heterocycles. The molecule has 102 valence electrons. The Morgan fingerprint density at radius 2 is 2.17 bits per heavy atom. The van der Waals surface area contributed by atoms with Crippen molar-refractivity contribution in [1.29, 1.82) is 0 Å². The van der Waals surface area contributed by atoms with Crippen LogP contribution < -0.4 is 0 Å². The van der Waals surface area contributed by atoms with Crippen molar-refractivity contribution in [3.63, 3.8) is 0 Å². The smallest absolute Gasteiger partial charge is 0.0649 e. The summed E-state index contributed by atoms with van der Waals surface area (Å²) in [5.41, 5.74) is 3.76. The molecule has 2 heterocycles. The zero-order chi connectivity index (χ0) is 13.1. The maximum atomic E-state index is 8.97. The minimum absolute atomic E-state index is 0.260. The second kappa shape index (κ2) is 5.85. The van der Waals surface area contributed by atoms with E-state index in [1.165, 1.54) is 30.6 Å². The van der Waals surface area contributed by atoms with E-state index in [0.717, 1.165) is 25.1 Å². The molecule has 1 atom stereocenters. The Morgan fingerprint density at radius 1 is 1.39 bits per heavy atom. The summed E-state index contributed by atoms with van der Waals surface area (Å²) in [6, 6.07) is 0.519. The predicted molar refractivity (Wildman–Crippen MR) is 72.9 cm³/mol. The van der Waals surface area contributed by atoms with Crippen molar-refractivity contribution in [2.75, 3.05) is 26.7 Å². The first-order valence-corrected chi connectivity index (χ1v) is 6.97. The lowest BCUT2D eigenvalue weighted by Gasteiger charge is -2.30. The number of hydrogen-bond donors (Lipinski definition) is 1. The molecular weight excluding hydrogens is 226 g/mol. The Hall–Kier alpha value is -0.870. The summed E-state index contributed by atoms with van der Waals surface area (Å²) in [5, 5.41) is 13.7. The molecule has 1 fully saturated rings. The number of aliphatic hydroxyl groups is 1. The number of nitrogens with zero attached hydrogens (tertiary/aromatic N) is 3. The normalized spacial score (nSPS) is 21.4. The van der Waals surface area contributed by atoms with E-state index in [4.69, 9.17) is 10.2 Å². The third kappa shape index (κ3) is 2.75. The molecule has 1 N–H and O–H groups in total. The van der Waals surface area contributed by atoms with Crippen molar-refractivity contribution in [3.8, 4) is 0 Å². The molecule has 0 aliphatic carbocycles. The molecule has 1 aliphatic heterocycles. The fourth-order valence-corrected chi connectivity index (χ4v) is 3.01. The Balaban J connectivity index is 2.17. The first-order chi connectivity index (χ1) is 8.63. The number of rotatable bonds is 4. The fourth-order valence-electron chi connectivity index (χ4n) is 3.01. The number of aromatic nitrogens is 2. The van der Waals surface area contributed by atoms with Gasteiger partial charge in [-0.3, -0.25) is 4.68 Å². The third-order valence-electron chi connectivity index (χ3n) is 4.01. The van der Waals surface area contributed by atoms with Crippen LogP contribution in [0, 0.1) is 13.8 Å². The molecule has 0 spiro atoms. The fraction of sp³-hybridized carbons (Fsp3) is 0.786. The van der Waals surface area contributed by atoms with E-state index < -0.39 is 0 Å². The molecule has 0 bridgehead atoms. The van der Waals surface area contributed by atoms with E-state index in [2.05, 4.69) is 30.5 Å². The van der Waals surface area contributed by atoms with Gasteiger partial charge in [0, 0.05) is 18.8 Å². The van der Waals surface area contributed by atoms with Crippen molar-refractivity contribution < 1.29 is 5.11 Å². The highest BCUT2D eigenvalue weighted by Crippen LogP contribution is 2.25. The molecule has 18 heavy (non-hydrogen) atoms. The predicted octanol–water partition coefficient (Wildman–Crippen LogP) is 1.69. The largest absolute Gasteiger partial charge is 0.396 e. The second-order valence-corrected chi connectivity index (χ2v) is 5.48. The molecular formula is C14H25N3O. The van der Waals surface area contributed by atoms with Crippen molar-refractivity contribution >= 4 is 0 Å². The van der Waals surface area contributed by atoms with Crippen LogP contribution in [-0.2, 0) is 6.42 Å². The SMILES string of the molecule is Cc1nn(C2CCCN(C)C2)c(C)c1CCCO. The average molecular weight is 251 g/mol. The second-order valence-electron chi connectivity index (χ2n) is 5.48. The van der Waals surface area contributed by atoms with E-state index in [1.807, 2.05) is 0 Å². The minimum atomic E-state index is 0.260. The van der Waals surface area contributed by atoms with Crippen LogP contribution in [0.5, 0.6) is 0 Å². The van der Waals surface area contributed by atoms with Crippen molar-refractivity contribution in [3.05, 3.63) is 17.0 Å². The number of aliphatic hydroxyl groups excluding tert-OH is 1. The monoisotopic (exact) mass is 251 g/mol. The molecule has 1 aliphatic rings. The summed E-state index contributed by atoms with van der Waals surface area (Å²) >= 11 is 0. The molecule has 1 saturated heterocycles. The van der Waals surface area contributed by atoms with Gasteiger partial charge in [0.05, 0.1) is 11.7 Å². The van der Waals surface area contributed by atoms with E-state index >= 15 is 0 Å². The summed E-state index contributed by atoms with van der Waals surface area (Å²) in [4.78, 5) is 2.39. The lowest BCUT2D eigenvalue weighted by Crippen LogP contribution is -2.34. The van der Waals surface area contributed by atoms with Gasteiger partial charge in [-0.2, -0.15) is 5.10 Å². The average Bonchev–Trinajstić information content (AvgIpc) is 2.63. The molecule has 0 aromatic carbocycles. The van der Waals surface area contributed by atoms with Gasteiger partial charge in [-0.05, 0) is 58.7 Å². The van der Waals surface area contributed by atoms with E-state index in [-0.39, 0.29) is 6.61 Å². The van der Waals surface area contributed by atoms with Crippen molar-refractivity contribution in [2.45, 2.75) is 45.6 Å². The molecule has 1 aromatic rings. The summed E-state index contributed by atoms with van der Waals surface area (Å²) < 4.78 is 2.22. The Bertz CT molecular complexity index is 400. The van der Waals surface area contributed by atoms with Gasteiger partial charge in [0.1, 0.15) is 0 Å².